The molecule has 0 aliphatic carbocycles. The molecule has 2 aromatic rings. The molecule has 1 unspecified atom stereocenters. The highest BCUT2D eigenvalue weighted by Gasteiger charge is 2.08. The first kappa shape index (κ1) is 13.4. The molecule has 3 heteroatoms. The predicted molar refractivity (Wildman–Crippen MR) is 76.2 cm³/mol. The van der Waals surface area contributed by atoms with Crippen LogP contribution in [0, 0.1) is 6.92 Å². The first-order chi connectivity index (χ1) is 9.08. The second-order valence-electron chi connectivity index (χ2n) is 4.77. The molecule has 3 nitrogen and oxygen atoms in total. The minimum atomic E-state index is 0.0770. The first-order valence-electron chi connectivity index (χ1n) is 6.37. The summed E-state index contributed by atoms with van der Waals surface area (Å²) in [5, 5.41) is 22.4. The molecule has 0 aliphatic rings. The minimum absolute atomic E-state index is 0.0770. The van der Waals surface area contributed by atoms with Gasteiger partial charge in [0.25, 0.3) is 0 Å². The summed E-state index contributed by atoms with van der Waals surface area (Å²) in [7, 11) is 0. The quantitative estimate of drug-likeness (QED) is 0.788. The molecule has 0 saturated heterocycles. The molecular formula is C16H19NO2. The molecule has 0 spiro atoms. The van der Waals surface area contributed by atoms with Gasteiger partial charge in [0.05, 0.1) is 0 Å². The lowest BCUT2D eigenvalue weighted by Gasteiger charge is -2.17. The number of hydrogen-bond donors (Lipinski definition) is 3. The van der Waals surface area contributed by atoms with Gasteiger partial charge in [0.15, 0.2) is 0 Å². The zero-order chi connectivity index (χ0) is 13.8. The monoisotopic (exact) mass is 257 g/mol. The second-order valence-corrected chi connectivity index (χ2v) is 4.77. The summed E-state index contributed by atoms with van der Waals surface area (Å²) in [6, 6.07) is 13.1. The second kappa shape index (κ2) is 5.76. The molecule has 0 amide bonds. The molecule has 3 N–H and O–H groups in total. The maximum atomic E-state index is 9.73. The van der Waals surface area contributed by atoms with Crippen LogP contribution in [0.5, 0.6) is 11.5 Å². The SMILES string of the molecule is Cc1ccccc1C(C)NCc1ccc(O)cc1O. The molecule has 0 bridgehead atoms. The van der Waals surface area contributed by atoms with E-state index in [1.54, 1.807) is 12.1 Å². The molecule has 1 atom stereocenters. The van der Waals surface area contributed by atoms with Gasteiger partial charge in [-0.1, -0.05) is 30.3 Å². The molecule has 0 heterocycles. The van der Waals surface area contributed by atoms with Gasteiger partial charge in [-0.25, -0.2) is 0 Å². The summed E-state index contributed by atoms with van der Waals surface area (Å²) in [5.41, 5.74) is 3.27. The van der Waals surface area contributed by atoms with Crippen LogP contribution in [0.15, 0.2) is 42.5 Å². The Morgan fingerprint density at radius 2 is 1.84 bits per heavy atom. The summed E-state index contributed by atoms with van der Waals surface area (Å²) in [5.74, 6) is 0.192. The Morgan fingerprint density at radius 3 is 2.53 bits per heavy atom. The molecule has 100 valence electrons. The Morgan fingerprint density at radius 1 is 1.11 bits per heavy atom. The molecular weight excluding hydrogens is 238 g/mol. The minimum Gasteiger partial charge on any atom is -0.508 e. The number of aryl methyl sites for hydroxylation is 1. The summed E-state index contributed by atoms with van der Waals surface area (Å²) in [6.45, 7) is 4.74. The topological polar surface area (TPSA) is 52.5 Å². The van der Waals surface area contributed by atoms with Crippen LogP contribution in [0.1, 0.15) is 29.7 Å². The van der Waals surface area contributed by atoms with E-state index in [4.69, 9.17) is 0 Å². The highest BCUT2D eigenvalue weighted by atomic mass is 16.3. The van der Waals surface area contributed by atoms with Gasteiger partial charge in [-0.15, -0.1) is 0 Å². The van der Waals surface area contributed by atoms with Gasteiger partial charge >= 0.3 is 0 Å². The van der Waals surface area contributed by atoms with E-state index >= 15 is 0 Å². The van der Waals surface area contributed by atoms with Crippen molar-refractivity contribution in [3.8, 4) is 11.5 Å². The standard InChI is InChI=1S/C16H19NO2/c1-11-5-3-4-6-15(11)12(2)17-10-13-7-8-14(18)9-16(13)19/h3-9,12,17-19H,10H2,1-2H3. The number of hydrogen-bond acceptors (Lipinski definition) is 3. The lowest BCUT2D eigenvalue weighted by Crippen LogP contribution is -2.18. The summed E-state index contributed by atoms with van der Waals surface area (Å²) < 4.78 is 0. The molecule has 19 heavy (non-hydrogen) atoms. The lowest BCUT2D eigenvalue weighted by molar-refractivity contribution is 0.441. The van der Waals surface area contributed by atoms with Crippen LogP contribution in [-0.4, -0.2) is 10.2 Å². The van der Waals surface area contributed by atoms with E-state index in [1.807, 2.05) is 12.1 Å². The predicted octanol–water partition coefficient (Wildman–Crippen LogP) is 3.26. The van der Waals surface area contributed by atoms with Gasteiger partial charge < -0.3 is 15.5 Å². The Labute approximate surface area is 113 Å². The zero-order valence-corrected chi connectivity index (χ0v) is 11.2. The van der Waals surface area contributed by atoms with Crippen LogP contribution in [0.3, 0.4) is 0 Å². The van der Waals surface area contributed by atoms with Crippen LogP contribution in [0.25, 0.3) is 0 Å². The van der Waals surface area contributed by atoms with E-state index in [2.05, 4.69) is 31.3 Å². The fourth-order valence-electron chi connectivity index (χ4n) is 2.15. The van der Waals surface area contributed by atoms with Gasteiger partial charge in [0.2, 0.25) is 0 Å². The Bertz CT molecular complexity index is 566. The number of phenolic OH excluding ortho intramolecular Hbond substituents is 2. The Balaban J connectivity index is 2.04. The number of phenols is 2. The fourth-order valence-corrected chi connectivity index (χ4v) is 2.15. The van der Waals surface area contributed by atoms with Crippen molar-refractivity contribution in [3.05, 3.63) is 59.2 Å². The van der Waals surface area contributed by atoms with Crippen LogP contribution in [-0.2, 0) is 6.54 Å². The van der Waals surface area contributed by atoms with Gasteiger partial charge in [0, 0.05) is 24.2 Å². The van der Waals surface area contributed by atoms with E-state index in [1.165, 1.54) is 17.2 Å². The van der Waals surface area contributed by atoms with Gasteiger partial charge in [0.1, 0.15) is 11.5 Å². The van der Waals surface area contributed by atoms with Crippen molar-refractivity contribution in [1.82, 2.24) is 5.32 Å². The van der Waals surface area contributed by atoms with Crippen LogP contribution in [0.4, 0.5) is 0 Å². The number of aromatic hydroxyl groups is 2. The largest absolute Gasteiger partial charge is 0.508 e. The van der Waals surface area contributed by atoms with Gasteiger partial charge in [-0.2, -0.15) is 0 Å². The zero-order valence-electron chi connectivity index (χ0n) is 11.2. The average molecular weight is 257 g/mol. The van der Waals surface area contributed by atoms with E-state index < -0.39 is 0 Å². The van der Waals surface area contributed by atoms with Crippen LogP contribution >= 0.6 is 0 Å². The highest BCUT2D eigenvalue weighted by Crippen LogP contribution is 2.23. The van der Waals surface area contributed by atoms with Crippen molar-refractivity contribution in [1.29, 1.82) is 0 Å². The molecule has 0 fully saturated rings. The van der Waals surface area contributed by atoms with E-state index in [-0.39, 0.29) is 17.5 Å². The Kier molecular flexibility index (Phi) is 4.07. The van der Waals surface area contributed by atoms with Gasteiger partial charge in [-0.05, 0) is 31.0 Å². The molecule has 0 radical (unpaired) electrons. The fraction of sp³-hybridized carbons (Fsp3) is 0.250. The lowest BCUT2D eigenvalue weighted by atomic mass is 10.0. The summed E-state index contributed by atoms with van der Waals surface area (Å²) in [4.78, 5) is 0. The van der Waals surface area contributed by atoms with Crippen molar-refractivity contribution < 1.29 is 10.2 Å². The summed E-state index contributed by atoms with van der Waals surface area (Å²) >= 11 is 0. The first-order valence-corrected chi connectivity index (χ1v) is 6.37. The van der Waals surface area contributed by atoms with E-state index in [0.717, 1.165) is 5.56 Å². The maximum Gasteiger partial charge on any atom is 0.123 e. The highest BCUT2D eigenvalue weighted by molar-refractivity contribution is 5.39. The third kappa shape index (κ3) is 3.26. The number of nitrogens with one attached hydrogen (secondary N) is 1. The molecule has 2 aromatic carbocycles. The smallest absolute Gasteiger partial charge is 0.123 e. The molecule has 0 aromatic heterocycles. The van der Waals surface area contributed by atoms with E-state index in [0.29, 0.717) is 6.54 Å². The van der Waals surface area contributed by atoms with Crippen LogP contribution in [0.2, 0.25) is 0 Å². The van der Waals surface area contributed by atoms with Crippen molar-refractivity contribution >= 4 is 0 Å². The van der Waals surface area contributed by atoms with Crippen molar-refractivity contribution in [2.24, 2.45) is 0 Å². The van der Waals surface area contributed by atoms with Crippen molar-refractivity contribution in [2.45, 2.75) is 26.4 Å². The normalized spacial score (nSPS) is 12.3. The number of benzene rings is 2. The molecule has 2 rings (SSSR count). The number of rotatable bonds is 4. The van der Waals surface area contributed by atoms with Crippen molar-refractivity contribution in [2.75, 3.05) is 0 Å². The molecule has 0 saturated carbocycles. The van der Waals surface area contributed by atoms with Crippen molar-refractivity contribution in [3.63, 3.8) is 0 Å². The third-order valence-corrected chi connectivity index (χ3v) is 3.32. The maximum absolute atomic E-state index is 9.73. The summed E-state index contributed by atoms with van der Waals surface area (Å²) in [6.07, 6.45) is 0. The average Bonchev–Trinajstić information content (AvgIpc) is 2.38. The third-order valence-electron chi connectivity index (χ3n) is 3.32. The van der Waals surface area contributed by atoms with Gasteiger partial charge in [-0.3, -0.25) is 0 Å². The van der Waals surface area contributed by atoms with Crippen LogP contribution < -0.4 is 5.32 Å². The van der Waals surface area contributed by atoms with E-state index in [9.17, 15) is 10.2 Å². The molecule has 0 aliphatic heterocycles. The Hall–Kier alpha value is -2.00.